The Morgan fingerprint density at radius 2 is 2.00 bits per heavy atom. The number of hydrogen-bond donors (Lipinski definition) is 2. The molecule has 1 atom stereocenters. The number of ether oxygens (including phenoxy) is 2. The summed E-state index contributed by atoms with van der Waals surface area (Å²) in [5.74, 6) is 3.16. The van der Waals surface area contributed by atoms with Crippen LogP contribution in [0.4, 0.5) is 0 Å². The highest BCUT2D eigenvalue weighted by atomic mass is 127. The Morgan fingerprint density at radius 1 is 1.27 bits per heavy atom. The van der Waals surface area contributed by atoms with Crippen LogP contribution in [-0.4, -0.2) is 42.4 Å². The summed E-state index contributed by atoms with van der Waals surface area (Å²) in [7, 11) is 1.63. The minimum Gasteiger partial charge on any atom is -0.493 e. The van der Waals surface area contributed by atoms with Crippen LogP contribution in [0.2, 0.25) is 0 Å². The molecule has 0 saturated heterocycles. The Bertz CT molecular complexity index is 693. The maximum Gasteiger partial charge on any atom is 0.248 e. The number of aliphatic imine (C=N–C) groups is 1. The molecule has 0 radical (unpaired) electrons. The van der Waals surface area contributed by atoms with Gasteiger partial charge in [0, 0.05) is 6.54 Å². The molecule has 2 aromatic rings. The molecule has 0 aliphatic heterocycles. The lowest BCUT2D eigenvalue weighted by atomic mass is 10.3. The Morgan fingerprint density at radius 3 is 2.62 bits per heavy atom. The molecule has 0 saturated carbocycles. The fraction of sp³-hybridized carbons (Fsp3) is 0.471. The molecule has 1 aromatic carbocycles. The van der Waals surface area contributed by atoms with Gasteiger partial charge < -0.3 is 24.6 Å². The second-order valence-corrected chi connectivity index (χ2v) is 5.39. The largest absolute Gasteiger partial charge is 0.493 e. The molecule has 0 amide bonds. The van der Waals surface area contributed by atoms with E-state index in [2.05, 4.69) is 25.8 Å². The monoisotopic (exact) mass is 475 g/mol. The zero-order valence-electron chi connectivity index (χ0n) is 15.5. The molecule has 9 heteroatoms. The minimum absolute atomic E-state index is 0. The van der Waals surface area contributed by atoms with E-state index in [9.17, 15) is 0 Å². The highest BCUT2D eigenvalue weighted by Gasteiger charge is 2.10. The van der Waals surface area contributed by atoms with Crippen molar-refractivity contribution in [2.75, 3.05) is 20.2 Å². The first-order valence-electron chi connectivity index (χ1n) is 8.23. The van der Waals surface area contributed by atoms with E-state index in [1.165, 1.54) is 0 Å². The predicted octanol–water partition coefficient (Wildman–Crippen LogP) is 2.53. The third kappa shape index (κ3) is 7.06. The fourth-order valence-electron chi connectivity index (χ4n) is 2.11. The minimum atomic E-state index is -0.0780. The van der Waals surface area contributed by atoms with Gasteiger partial charge in [-0.15, -0.1) is 24.0 Å². The SMILES string of the molecule is CCNC(=NCc1nc(C)no1)NCC(C)Oc1ccccc1OC.I. The maximum absolute atomic E-state index is 5.92. The third-order valence-electron chi connectivity index (χ3n) is 3.24. The number of nitrogens with one attached hydrogen (secondary N) is 2. The molecule has 1 unspecified atom stereocenters. The number of rotatable bonds is 8. The molecule has 0 spiro atoms. The van der Waals surface area contributed by atoms with Gasteiger partial charge in [0.15, 0.2) is 23.3 Å². The van der Waals surface area contributed by atoms with E-state index in [1.807, 2.05) is 38.1 Å². The Hall–Kier alpha value is -2.04. The van der Waals surface area contributed by atoms with E-state index >= 15 is 0 Å². The molecule has 0 aliphatic carbocycles. The Balaban J connectivity index is 0.00000338. The van der Waals surface area contributed by atoms with Crippen LogP contribution in [0, 0.1) is 6.92 Å². The van der Waals surface area contributed by atoms with Crippen molar-refractivity contribution in [2.45, 2.75) is 33.4 Å². The fourth-order valence-corrected chi connectivity index (χ4v) is 2.11. The number of guanidine groups is 1. The highest BCUT2D eigenvalue weighted by Crippen LogP contribution is 2.26. The average Bonchev–Trinajstić information content (AvgIpc) is 3.03. The molecule has 2 N–H and O–H groups in total. The summed E-state index contributed by atoms with van der Waals surface area (Å²) in [6.45, 7) is 7.39. The van der Waals surface area contributed by atoms with Crippen molar-refractivity contribution >= 4 is 29.9 Å². The van der Waals surface area contributed by atoms with Gasteiger partial charge in [0.2, 0.25) is 5.89 Å². The van der Waals surface area contributed by atoms with E-state index in [1.54, 1.807) is 14.0 Å². The molecule has 1 aromatic heterocycles. The van der Waals surface area contributed by atoms with Crippen molar-refractivity contribution < 1.29 is 14.0 Å². The normalized spacial score (nSPS) is 12.1. The van der Waals surface area contributed by atoms with Crippen LogP contribution < -0.4 is 20.1 Å². The van der Waals surface area contributed by atoms with Crippen LogP contribution in [0.15, 0.2) is 33.8 Å². The number of nitrogens with zero attached hydrogens (tertiary/aromatic N) is 3. The zero-order chi connectivity index (χ0) is 18.1. The standard InChI is InChI=1S/C17H25N5O3.HI/c1-5-18-17(20-11-16-21-13(3)22-25-16)19-10-12(2)24-15-9-7-6-8-14(15)23-4;/h6-9,12H,5,10-11H2,1-4H3,(H2,18,19,20);1H. The summed E-state index contributed by atoms with van der Waals surface area (Å²) in [5, 5.41) is 10.2. The second kappa shape index (κ2) is 11.6. The first kappa shape index (κ1) is 22.0. The lowest BCUT2D eigenvalue weighted by Crippen LogP contribution is -2.41. The van der Waals surface area contributed by atoms with Crippen LogP contribution in [0.5, 0.6) is 11.5 Å². The molecule has 0 bridgehead atoms. The lowest BCUT2D eigenvalue weighted by molar-refractivity contribution is 0.213. The second-order valence-electron chi connectivity index (χ2n) is 5.39. The van der Waals surface area contributed by atoms with E-state index in [-0.39, 0.29) is 30.1 Å². The summed E-state index contributed by atoms with van der Waals surface area (Å²) < 4.78 is 16.3. The van der Waals surface area contributed by atoms with Crippen LogP contribution >= 0.6 is 24.0 Å². The van der Waals surface area contributed by atoms with Gasteiger partial charge in [-0.05, 0) is 32.9 Å². The first-order valence-corrected chi connectivity index (χ1v) is 8.23. The molecule has 0 aliphatic rings. The quantitative estimate of drug-likeness (QED) is 0.344. The molecule has 1 heterocycles. The topological polar surface area (TPSA) is 93.8 Å². The van der Waals surface area contributed by atoms with Crippen molar-refractivity contribution in [1.29, 1.82) is 0 Å². The summed E-state index contributed by atoms with van der Waals surface area (Å²) in [5.41, 5.74) is 0. The summed E-state index contributed by atoms with van der Waals surface area (Å²) in [6.07, 6.45) is -0.0780. The van der Waals surface area contributed by atoms with E-state index in [0.29, 0.717) is 42.3 Å². The van der Waals surface area contributed by atoms with Crippen molar-refractivity contribution in [3.63, 3.8) is 0 Å². The van der Waals surface area contributed by atoms with Gasteiger partial charge in [-0.2, -0.15) is 4.98 Å². The van der Waals surface area contributed by atoms with Gasteiger partial charge in [0.05, 0.1) is 13.7 Å². The van der Waals surface area contributed by atoms with E-state index in [4.69, 9.17) is 14.0 Å². The van der Waals surface area contributed by atoms with Gasteiger partial charge in [0.25, 0.3) is 0 Å². The molecule has 2 rings (SSSR count). The summed E-state index contributed by atoms with van der Waals surface area (Å²) in [6, 6.07) is 7.57. The van der Waals surface area contributed by atoms with Gasteiger partial charge >= 0.3 is 0 Å². The number of aromatic nitrogens is 2. The lowest BCUT2D eigenvalue weighted by Gasteiger charge is -2.18. The molecular formula is C17H26IN5O3. The Labute approximate surface area is 170 Å². The van der Waals surface area contributed by atoms with Crippen molar-refractivity contribution in [3.05, 3.63) is 36.0 Å². The van der Waals surface area contributed by atoms with Gasteiger partial charge in [-0.25, -0.2) is 4.99 Å². The van der Waals surface area contributed by atoms with E-state index in [0.717, 1.165) is 6.54 Å². The predicted molar refractivity (Wildman–Crippen MR) is 110 cm³/mol. The molecule has 0 fully saturated rings. The number of methoxy groups -OCH3 is 1. The van der Waals surface area contributed by atoms with Gasteiger partial charge in [0.1, 0.15) is 12.6 Å². The number of benzene rings is 1. The van der Waals surface area contributed by atoms with Gasteiger partial charge in [-0.1, -0.05) is 17.3 Å². The van der Waals surface area contributed by atoms with Crippen molar-refractivity contribution in [1.82, 2.24) is 20.8 Å². The van der Waals surface area contributed by atoms with Crippen molar-refractivity contribution in [3.8, 4) is 11.5 Å². The zero-order valence-corrected chi connectivity index (χ0v) is 17.8. The average molecular weight is 475 g/mol. The van der Waals surface area contributed by atoms with Crippen LogP contribution in [0.1, 0.15) is 25.6 Å². The van der Waals surface area contributed by atoms with Crippen LogP contribution in [-0.2, 0) is 6.54 Å². The highest BCUT2D eigenvalue weighted by molar-refractivity contribution is 14.0. The number of hydrogen-bond acceptors (Lipinski definition) is 6. The molecule has 26 heavy (non-hydrogen) atoms. The maximum atomic E-state index is 5.92. The molecule has 8 nitrogen and oxygen atoms in total. The number of para-hydroxylation sites is 2. The smallest absolute Gasteiger partial charge is 0.248 e. The third-order valence-corrected chi connectivity index (χ3v) is 3.24. The van der Waals surface area contributed by atoms with Crippen LogP contribution in [0.25, 0.3) is 0 Å². The number of halogens is 1. The van der Waals surface area contributed by atoms with Crippen LogP contribution in [0.3, 0.4) is 0 Å². The van der Waals surface area contributed by atoms with Crippen molar-refractivity contribution in [2.24, 2.45) is 4.99 Å². The molecular weight excluding hydrogens is 449 g/mol. The number of aryl methyl sites for hydroxylation is 1. The Kier molecular flexibility index (Phi) is 9.78. The summed E-state index contributed by atoms with van der Waals surface area (Å²) in [4.78, 5) is 8.56. The van der Waals surface area contributed by atoms with E-state index < -0.39 is 0 Å². The summed E-state index contributed by atoms with van der Waals surface area (Å²) >= 11 is 0. The first-order chi connectivity index (χ1) is 12.1. The molecule has 144 valence electrons. The van der Waals surface area contributed by atoms with Gasteiger partial charge in [-0.3, -0.25) is 0 Å².